The smallest absolute Gasteiger partial charge is 0.143 e. The normalized spacial score (nSPS) is 10.5. The molecule has 2 rings (SSSR count). The van der Waals surface area contributed by atoms with Crippen LogP contribution in [0, 0.1) is 5.82 Å². The minimum atomic E-state index is -0.487. The van der Waals surface area contributed by atoms with Crippen molar-refractivity contribution in [3.63, 3.8) is 0 Å². The van der Waals surface area contributed by atoms with E-state index in [0.717, 1.165) is 6.20 Å². The highest BCUT2D eigenvalue weighted by molar-refractivity contribution is 6.37. The van der Waals surface area contributed by atoms with Crippen LogP contribution in [0.5, 0.6) is 0 Å². The summed E-state index contributed by atoms with van der Waals surface area (Å²) in [6.45, 7) is 0. The van der Waals surface area contributed by atoms with Gasteiger partial charge in [-0.05, 0) is 24.3 Å². The van der Waals surface area contributed by atoms with Crippen LogP contribution in [0.3, 0.4) is 0 Å². The van der Waals surface area contributed by atoms with Gasteiger partial charge in [-0.1, -0.05) is 34.8 Å². The molecule has 1 heterocycles. The second kappa shape index (κ2) is 4.58. The van der Waals surface area contributed by atoms with Crippen molar-refractivity contribution in [1.29, 1.82) is 0 Å². The van der Waals surface area contributed by atoms with Gasteiger partial charge in [0, 0.05) is 10.6 Å². The molecule has 0 amide bonds. The number of hydrogen-bond acceptors (Lipinski definition) is 1. The average molecular weight is 277 g/mol. The van der Waals surface area contributed by atoms with Gasteiger partial charge < -0.3 is 0 Å². The summed E-state index contributed by atoms with van der Waals surface area (Å²) in [4.78, 5) is 3.90. The zero-order chi connectivity index (χ0) is 11.7. The lowest BCUT2D eigenvalue weighted by Crippen LogP contribution is -1.88. The number of aromatic nitrogens is 1. The van der Waals surface area contributed by atoms with Crippen LogP contribution in [0.25, 0.3) is 11.3 Å². The van der Waals surface area contributed by atoms with Gasteiger partial charge >= 0.3 is 0 Å². The van der Waals surface area contributed by atoms with E-state index in [1.165, 1.54) is 6.07 Å². The van der Waals surface area contributed by atoms with Crippen LogP contribution in [0.2, 0.25) is 15.1 Å². The van der Waals surface area contributed by atoms with Gasteiger partial charge in [0.25, 0.3) is 0 Å². The van der Waals surface area contributed by atoms with E-state index in [9.17, 15) is 4.39 Å². The van der Waals surface area contributed by atoms with Crippen LogP contribution >= 0.6 is 34.8 Å². The molecule has 1 nitrogen and oxygen atoms in total. The van der Waals surface area contributed by atoms with Gasteiger partial charge in [0.1, 0.15) is 5.82 Å². The number of benzene rings is 1. The first-order valence-electron chi connectivity index (χ1n) is 4.34. The summed E-state index contributed by atoms with van der Waals surface area (Å²) >= 11 is 17.7. The summed E-state index contributed by atoms with van der Waals surface area (Å²) in [6, 6.07) is 6.13. The highest BCUT2D eigenvalue weighted by Crippen LogP contribution is 2.33. The Labute approximate surface area is 107 Å². The van der Waals surface area contributed by atoms with Gasteiger partial charge in [-0.15, -0.1) is 0 Å². The Hall–Kier alpha value is -0.830. The van der Waals surface area contributed by atoms with Crippen molar-refractivity contribution in [3.05, 3.63) is 51.3 Å². The Bertz CT molecular complexity index is 493. The maximum absolute atomic E-state index is 12.8. The predicted molar refractivity (Wildman–Crippen MR) is 64.7 cm³/mol. The third-order valence-electron chi connectivity index (χ3n) is 1.99. The number of pyridine rings is 1. The van der Waals surface area contributed by atoms with Gasteiger partial charge in [-0.2, -0.15) is 0 Å². The summed E-state index contributed by atoms with van der Waals surface area (Å²) < 4.78 is 12.8. The second-order valence-electron chi connectivity index (χ2n) is 3.11. The monoisotopic (exact) mass is 275 g/mol. The molecule has 0 saturated carbocycles. The fourth-order valence-electron chi connectivity index (χ4n) is 1.29. The predicted octanol–water partition coefficient (Wildman–Crippen LogP) is 4.85. The zero-order valence-corrected chi connectivity index (χ0v) is 10.1. The molecule has 0 N–H and O–H groups in total. The van der Waals surface area contributed by atoms with Gasteiger partial charge in [-0.3, -0.25) is 4.98 Å². The average Bonchev–Trinajstić information content (AvgIpc) is 2.19. The fraction of sp³-hybridized carbons (Fsp3) is 0. The minimum Gasteiger partial charge on any atom is -0.252 e. The Balaban J connectivity index is 2.59. The summed E-state index contributed by atoms with van der Waals surface area (Å²) in [5.41, 5.74) is 1.06. The van der Waals surface area contributed by atoms with E-state index in [0.29, 0.717) is 21.3 Å². The standard InChI is InChI=1S/C11H5Cl3FN/c12-6-1-2-8(9(13)3-6)11-10(14)4-7(15)5-16-11/h1-5H. The van der Waals surface area contributed by atoms with E-state index in [4.69, 9.17) is 34.8 Å². The van der Waals surface area contributed by atoms with Crippen molar-refractivity contribution >= 4 is 34.8 Å². The molecule has 2 aromatic rings. The van der Waals surface area contributed by atoms with E-state index >= 15 is 0 Å². The number of halogens is 4. The van der Waals surface area contributed by atoms with Crippen LogP contribution < -0.4 is 0 Å². The molecule has 1 aromatic heterocycles. The van der Waals surface area contributed by atoms with E-state index in [1.54, 1.807) is 18.2 Å². The van der Waals surface area contributed by atoms with Gasteiger partial charge in [0.2, 0.25) is 0 Å². The zero-order valence-electron chi connectivity index (χ0n) is 7.85. The molecule has 1 aromatic carbocycles. The topological polar surface area (TPSA) is 12.9 Å². The molecule has 0 radical (unpaired) electrons. The first kappa shape index (κ1) is 11.6. The lowest BCUT2D eigenvalue weighted by atomic mass is 10.1. The molecule has 0 aliphatic carbocycles. The summed E-state index contributed by atoms with van der Waals surface area (Å²) in [5, 5.41) is 1.16. The molecular weight excluding hydrogens is 271 g/mol. The van der Waals surface area contributed by atoms with Crippen molar-refractivity contribution in [2.24, 2.45) is 0 Å². The number of rotatable bonds is 1. The molecule has 16 heavy (non-hydrogen) atoms. The molecule has 0 aliphatic heterocycles. The molecular formula is C11H5Cl3FN. The third kappa shape index (κ3) is 2.29. The molecule has 0 saturated heterocycles. The molecule has 0 aliphatic rings. The van der Waals surface area contributed by atoms with Crippen LogP contribution in [-0.4, -0.2) is 4.98 Å². The molecule has 0 fully saturated rings. The fourth-order valence-corrected chi connectivity index (χ4v) is 2.05. The van der Waals surface area contributed by atoms with Crippen molar-refractivity contribution < 1.29 is 4.39 Å². The highest BCUT2D eigenvalue weighted by atomic mass is 35.5. The maximum Gasteiger partial charge on any atom is 0.143 e. The van der Waals surface area contributed by atoms with Gasteiger partial charge in [0.05, 0.1) is 21.9 Å². The Morgan fingerprint density at radius 3 is 2.38 bits per heavy atom. The Morgan fingerprint density at radius 1 is 1.00 bits per heavy atom. The van der Waals surface area contributed by atoms with E-state index in [-0.39, 0.29) is 5.02 Å². The summed E-state index contributed by atoms with van der Waals surface area (Å²) in [7, 11) is 0. The molecule has 0 spiro atoms. The largest absolute Gasteiger partial charge is 0.252 e. The SMILES string of the molecule is Fc1cnc(-c2ccc(Cl)cc2Cl)c(Cl)c1. The van der Waals surface area contributed by atoms with Gasteiger partial charge in [-0.25, -0.2) is 4.39 Å². The molecule has 5 heteroatoms. The van der Waals surface area contributed by atoms with Crippen molar-refractivity contribution in [2.75, 3.05) is 0 Å². The lowest BCUT2D eigenvalue weighted by molar-refractivity contribution is 0.622. The van der Waals surface area contributed by atoms with Crippen LogP contribution in [0.15, 0.2) is 30.5 Å². The quantitative estimate of drug-likeness (QED) is 0.725. The van der Waals surface area contributed by atoms with E-state index < -0.39 is 5.82 Å². The van der Waals surface area contributed by atoms with Crippen LogP contribution in [-0.2, 0) is 0 Å². The minimum absolute atomic E-state index is 0.212. The molecule has 0 unspecified atom stereocenters. The van der Waals surface area contributed by atoms with Crippen molar-refractivity contribution in [3.8, 4) is 11.3 Å². The highest BCUT2D eigenvalue weighted by Gasteiger charge is 2.10. The van der Waals surface area contributed by atoms with Crippen LogP contribution in [0.1, 0.15) is 0 Å². The summed E-state index contributed by atoms with van der Waals surface area (Å²) in [6.07, 6.45) is 1.09. The van der Waals surface area contributed by atoms with Crippen molar-refractivity contribution in [1.82, 2.24) is 4.98 Å². The number of hydrogen-bond donors (Lipinski definition) is 0. The van der Waals surface area contributed by atoms with E-state index in [1.807, 2.05) is 0 Å². The lowest BCUT2D eigenvalue weighted by Gasteiger charge is -2.06. The third-order valence-corrected chi connectivity index (χ3v) is 2.83. The summed E-state index contributed by atoms with van der Waals surface area (Å²) in [5.74, 6) is -0.487. The van der Waals surface area contributed by atoms with Gasteiger partial charge in [0.15, 0.2) is 0 Å². The molecule has 82 valence electrons. The van der Waals surface area contributed by atoms with Crippen molar-refractivity contribution in [2.45, 2.75) is 0 Å². The molecule has 0 bridgehead atoms. The van der Waals surface area contributed by atoms with E-state index in [2.05, 4.69) is 4.98 Å². The second-order valence-corrected chi connectivity index (χ2v) is 4.36. The number of nitrogens with zero attached hydrogens (tertiary/aromatic N) is 1. The Morgan fingerprint density at radius 2 is 1.75 bits per heavy atom. The Kier molecular flexibility index (Phi) is 3.33. The van der Waals surface area contributed by atoms with Crippen LogP contribution in [0.4, 0.5) is 4.39 Å². The maximum atomic E-state index is 12.8. The first-order chi connectivity index (χ1) is 7.58. The molecule has 0 atom stereocenters. The first-order valence-corrected chi connectivity index (χ1v) is 5.48.